The maximum Gasteiger partial charge on any atom is 0.207 e. The summed E-state index contributed by atoms with van der Waals surface area (Å²) in [5, 5.41) is 5.80. The van der Waals surface area contributed by atoms with Gasteiger partial charge in [0.2, 0.25) is 6.41 Å². The lowest BCUT2D eigenvalue weighted by Crippen LogP contribution is -2.26. The minimum atomic E-state index is 0.125. The third kappa shape index (κ3) is 8.86. The molecule has 0 fully saturated rings. The fourth-order valence-corrected chi connectivity index (χ4v) is 2.77. The molecule has 0 aliphatic rings. The minimum Gasteiger partial charge on any atom is -0.493 e. The number of allylic oxidation sites excluding steroid dienone is 2. The first kappa shape index (κ1) is 24.8. The molecular formula is C25H34N2O3. The van der Waals surface area contributed by atoms with Crippen LogP contribution in [0, 0.1) is 0 Å². The van der Waals surface area contributed by atoms with E-state index in [0.717, 1.165) is 42.0 Å². The fraction of sp³-hybridized carbons (Fsp3) is 0.320. The molecular weight excluding hydrogens is 376 g/mol. The first-order valence-corrected chi connectivity index (χ1v) is 10.1. The molecule has 2 N–H and O–H groups in total. The Bertz CT molecular complexity index is 788. The van der Waals surface area contributed by atoms with Crippen molar-refractivity contribution in [3.63, 3.8) is 0 Å². The van der Waals surface area contributed by atoms with Crippen molar-refractivity contribution < 1.29 is 14.3 Å². The Balaban J connectivity index is 0.000000329. The second kappa shape index (κ2) is 14.7. The van der Waals surface area contributed by atoms with Crippen molar-refractivity contribution in [2.45, 2.75) is 39.3 Å². The highest BCUT2D eigenvalue weighted by atomic mass is 16.5. The Morgan fingerprint density at radius 3 is 2.47 bits per heavy atom. The number of hydrogen-bond donors (Lipinski definition) is 2. The first-order valence-electron chi connectivity index (χ1n) is 10.1. The van der Waals surface area contributed by atoms with Crippen molar-refractivity contribution in [3.05, 3.63) is 78.4 Å². The van der Waals surface area contributed by atoms with Gasteiger partial charge in [-0.1, -0.05) is 62.4 Å². The van der Waals surface area contributed by atoms with Crippen LogP contribution in [0.2, 0.25) is 0 Å². The molecule has 0 bridgehead atoms. The highest BCUT2D eigenvalue weighted by Gasteiger charge is 2.06. The molecule has 1 atom stereocenters. The number of anilines is 1. The topological polar surface area (TPSA) is 59.6 Å². The summed E-state index contributed by atoms with van der Waals surface area (Å²) >= 11 is 0. The normalized spacial score (nSPS) is 11.4. The molecule has 0 spiro atoms. The molecule has 0 aliphatic carbocycles. The third-order valence-corrected chi connectivity index (χ3v) is 4.43. The van der Waals surface area contributed by atoms with Crippen LogP contribution in [0.4, 0.5) is 5.69 Å². The van der Waals surface area contributed by atoms with Gasteiger partial charge in [0, 0.05) is 24.8 Å². The summed E-state index contributed by atoms with van der Waals surface area (Å²) in [5.41, 5.74) is 3.35. The summed E-state index contributed by atoms with van der Waals surface area (Å²) in [6.07, 6.45) is 6.55. The second-order valence-electron chi connectivity index (χ2n) is 6.62. The van der Waals surface area contributed by atoms with E-state index < -0.39 is 0 Å². The van der Waals surface area contributed by atoms with Gasteiger partial charge in [-0.2, -0.15) is 0 Å². The maximum absolute atomic E-state index is 10.2. The van der Waals surface area contributed by atoms with E-state index in [-0.39, 0.29) is 6.04 Å². The van der Waals surface area contributed by atoms with Crippen molar-refractivity contribution in [2.75, 3.05) is 19.5 Å². The quantitative estimate of drug-likeness (QED) is 0.387. The fourth-order valence-electron chi connectivity index (χ4n) is 2.77. The van der Waals surface area contributed by atoms with Crippen molar-refractivity contribution in [1.82, 2.24) is 5.32 Å². The molecule has 0 radical (unpaired) electrons. The van der Waals surface area contributed by atoms with Crippen molar-refractivity contribution in [2.24, 2.45) is 0 Å². The average molecular weight is 411 g/mol. The molecule has 0 aliphatic heterocycles. The summed E-state index contributed by atoms with van der Waals surface area (Å²) in [5.74, 6) is 1.48. The average Bonchev–Trinajstić information content (AvgIpc) is 2.78. The van der Waals surface area contributed by atoms with E-state index in [9.17, 15) is 4.79 Å². The summed E-state index contributed by atoms with van der Waals surface area (Å²) < 4.78 is 11.1. The first-order chi connectivity index (χ1) is 14.6. The molecule has 162 valence electrons. The molecule has 0 unspecified atom stereocenters. The summed E-state index contributed by atoms with van der Waals surface area (Å²) in [7, 11) is 3.52. The molecule has 5 heteroatoms. The second-order valence-corrected chi connectivity index (χ2v) is 6.62. The smallest absolute Gasteiger partial charge is 0.207 e. The number of hydrogen-bond acceptors (Lipinski definition) is 4. The van der Waals surface area contributed by atoms with E-state index in [4.69, 9.17) is 9.47 Å². The minimum absolute atomic E-state index is 0.125. The predicted octanol–water partition coefficient (Wildman–Crippen LogP) is 5.35. The Morgan fingerprint density at radius 1 is 1.17 bits per heavy atom. The van der Waals surface area contributed by atoms with Crippen LogP contribution in [0.3, 0.4) is 0 Å². The van der Waals surface area contributed by atoms with Crippen molar-refractivity contribution >= 4 is 12.1 Å². The highest BCUT2D eigenvalue weighted by Crippen LogP contribution is 2.30. The standard InChI is InChI=1S/C15H17NO2.C10H17NO/c1-16-13-8-9-14(17-2)15(10-13)18-11-12-6-4-3-5-7-12;1-4-6-10(7-5-2)9(3)11-8-12/h3-10,16H,11H2,1-2H3;4,6,8-9H,1,5,7H2,2-3H3,(H,11,12)/b;10-6+/t;9-/m.0/s1. The lowest BCUT2D eigenvalue weighted by Gasteiger charge is -2.13. The molecule has 0 saturated heterocycles. The van der Waals surface area contributed by atoms with Crippen LogP contribution in [0.15, 0.2) is 72.8 Å². The zero-order valence-electron chi connectivity index (χ0n) is 18.5. The van der Waals surface area contributed by atoms with Crippen LogP contribution in [-0.4, -0.2) is 26.6 Å². The van der Waals surface area contributed by atoms with Gasteiger partial charge in [0.15, 0.2) is 11.5 Å². The SMILES string of the molecule is C=C/C=C(\CCC)[C@H](C)NC=O.CNc1ccc(OC)c(OCc2ccccc2)c1. The molecule has 0 heterocycles. The number of methoxy groups -OCH3 is 1. The van der Waals surface area contributed by atoms with E-state index in [0.29, 0.717) is 6.61 Å². The van der Waals surface area contributed by atoms with Gasteiger partial charge in [-0.05, 0) is 36.6 Å². The Hall–Kier alpha value is -3.21. The van der Waals surface area contributed by atoms with Gasteiger partial charge < -0.3 is 20.1 Å². The number of carbonyl (C=O) groups is 1. The highest BCUT2D eigenvalue weighted by molar-refractivity contribution is 5.54. The zero-order valence-corrected chi connectivity index (χ0v) is 18.5. The molecule has 2 aromatic carbocycles. The van der Waals surface area contributed by atoms with Gasteiger partial charge in [0.1, 0.15) is 6.61 Å². The lowest BCUT2D eigenvalue weighted by atomic mass is 10.0. The van der Waals surface area contributed by atoms with Gasteiger partial charge in [0.05, 0.1) is 7.11 Å². The van der Waals surface area contributed by atoms with Crippen LogP contribution in [0.1, 0.15) is 32.3 Å². The van der Waals surface area contributed by atoms with Crippen LogP contribution < -0.4 is 20.1 Å². The number of benzene rings is 2. The van der Waals surface area contributed by atoms with Crippen molar-refractivity contribution in [3.8, 4) is 11.5 Å². The van der Waals surface area contributed by atoms with E-state index in [1.807, 2.05) is 68.6 Å². The van der Waals surface area contributed by atoms with Gasteiger partial charge in [-0.3, -0.25) is 4.79 Å². The lowest BCUT2D eigenvalue weighted by molar-refractivity contribution is -0.109. The molecule has 2 aromatic rings. The Labute approximate surface area is 180 Å². The van der Waals surface area contributed by atoms with Gasteiger partial charge in [-0.25, -0.2) is 0 Å². The van der Waals surface area contributed by atoms with E-state index in [1.165, 1.54) is 5.57 Å². The number of carbonyl (C=O) groups excluding carboxylic acids is 1. The summed E-state index contributed by atoms with van der Waals surface area (Å²) in [6, 6.07) is 16.0. The zero-order chi connectivity index (χ0) is 22.2. The maximum atomic E-state index is 10.2. The van der Waals surface area contributed by atoms with Crippen LogP contribution in [-0.2, 0) is 11.4 Å². The van der Waals surface area contributed by atoms with E-state index in [1.54, 1.807) is 13.2 Å². The van der Waals surface area contributed by atoms with Gasteiger partial charge >= 0.3 is 0 Å². The van der Waals surface area contributed by atoms with Gasteiger partial charge in [-0.15, -0.1) is 0 Å². The van der Waals surface area contributed by atoms with E-state index >= 15 is 0 Å². The number of rotatable bonds is 11. The van der Waals surface area contributed by atoms with Crippen LogP contribution in [0.25, 0.3) is 0 Å². The van der Waals surface area contributed by atoms with Crippen LogP contribution >= 0.6 is 0 Å². The monoisotopic (exact) mass is 410 g/mol. The molecule has 2 rings (SSSR count). The molecule has 5 nitrogen and oxygen atoms in total. The predicted molar refractivity (Wildman–Crippen MR) is 125 cm³/mol. The van der Waals surface area contributed by atoms with Gasteiger partial charge in [0.25, 0.3) is 0 Å². The third-order valence-electron chi connectivity index (χ3n) is 4.43. The van der Waals surface area contributed by atoms with Crippen molar-refractivity contribution in [1.29, 1.82) is 0 Å². The number of ether oxygens (including phenoxy) is 2. The number of nitrogens with one attached hydrogen (secondary N) is 2. The molecule has 0 aromatic heterocycles. The number of amides is 1. The summed E-state index contributed by atoms with van der Waals surface area (Å²) in [4.78, 5) is 10.2. The summed E-state index contributed by atoms with van der Waals surface area (Å²) in [6.45, 7) is 8.25. The van der Waals surface area contributed by atoms with Crippen LogP contribution in [0.5, 0.6) is 11.5 Å². The molecule has 30 heavy (non-hydrogen) atoms. The molecule has 0 saturated carbocycles. The Kier molecular flexibility index (Phi) is 12.2. The molecule has 1 amide bonds. The van der Waals surface area contributed by atoms with E-state index in [2.05, 4.69) is 24.1 Å². The Morgan fingerprint density at radius 2 is 1.90 bits per heavy atom. The largest absolute Gasteiger partial charge is 0.493 e.